The zero-order chi connectivity index (χ0) is 22.8. The molecule has 4 aromatic rings. The van der Waals surface area contributed by atoms with Gasteiger partial charge < -0.3 is 10.1 Å². The Labute approximate surface area is 192 Å². The van der Waals surface area contributed by atoms with Gasteiger partial charge in [0.25, 0.3) is 0 Å². The van der Waals surface area contributed by atoms with Crippen molar-refractivity contribution in [1.29, 1.82) is 0 Å². The highest BCUT2D eigenvalue weighted by Crippen LogP contribution is 2.31. The maximum Gasteiger partial charge on any atom is 0.248 e. The molecule has 2 aromatic heterocycles. The van der Waals surface area contributed by atoms with E-state index in [2.05, 4.69) is 24.4 Å². The van der Waals surface area contributed by atoms with Crippen molar-refractivity contribution < 1.29 is 9.53 Å². The Morgan fingerprint density at radius 3 is 2.53 bits per heavy atom. The van der Waals surface area contributed by atoms with Gasteiger partial charge in [0, 0.05) is 28.9 Å². The maximum absolute atomic E-state index is 12.7. The van der Waals surface area contributed by atoms with E-state index >= 15 is 0 Å². The fourth-order valence-corrected chi connectivity index (χ4v) is 3.66. The standard InChI is InChI=1S/C26H24ClN3O2/c1-16-5-7-19(8-6-16)26-22(30-12-11-17(2)13-24(30)29-26)9-10-25(31)28-21-14-18(3)20(27)15-23(21)32-4/h5-15H,1-4H3,(H,28,31)/b10-9+. The minimum atomic E-state index is -0.276. The summed E-state index contributed by atoms with van der Waals surface area (Å²) in [5.41, 5.74) is 7.19. The minimum absolute atomic E-state index is 0.276. The van der Waals surface area contributed by atoms with Crippen molar-refractivity contribution in [2.24, 2.45) is 0 Å². The largest absolute Gasteiger partial charge is 0.495 e. The smallest absolute Gasteiger partial charge is 0.248 e. The van der Waals surface area contributed by atoms with E-state index in [9.17, 15) is 4.79 Å². The molecule has 0 aliphatic carbocycles. The first kappa shape index (κ1) is 21.7. The van der Waals surface area contributed by atoms with E-state index in [1.807, 2.05) is 48.7 Å². The zero-order valence-corrected chi connectivity index (χ0v) is 19.2. The van der Waals surface area contributed by atoms with Crippen LogP contribution in [-0.4, -0.2) is 22.4 Å². The Morgan fingerprint density at radius 1 is 1.06 bits per heavy atom. The molecule has 2 heterocycles. The summed E-state index contributed by atoms with van der Waals surface area (Å²) in [4.78, 5) is 17.6. The summed E-state index contributed by atoms with van der Waals surface area (Å²) in [6, 6.07) is 15.7. The molecule has 32 heavy (non-hydrogen) atoms. The molecule has 4 rings (SSSR count). The number of anilines is 1. The van der Waals surface area contributed by atoms with Crippen LogP contribution in [0.2, 0.25) is 5.02 Å². The third-order valence-corrected chi connectivity index (χ3v) is 5.68. The summed E-state index contributed by atoms with van der Waals surface area (Å²) < 4.78 is 7.34. The van der Waals surface area contributed by atoms with Gasteiger partial charge >= 0.3 is 0 Å². The number of aryl methyl sites for hydroxylation is 3. The van der Waals surface area contributed by atoms with Crippen molar-refractivity contribution in [3.8, 4) is 17.0 Å². The number of pyridine rings is 1. The minimum Gasteiger partial charge on any atom is -0.495 e. The number of ether oxygens (including phenoxy) is 1. The van der Waals surface area contributed by atoms with Crippen molar-refractivity contribution in [3.05, 3.63) is 88.2 Å². The lowest BCUT2D eigenvalue weighted by Gasteiger charge is -2.11. The average molecular weight is 446 g/mol. The molecule has 0 saturated carbocycles. The first-order valence-corrected chi connectivity index (χ1v) is 10.6. The predicted molar refractivity (Wildman–Crippen MR) is 131 cm³/mol. The Hall–Kier alpha value is -3.57. The molecule has 0 atom stereocenters. The number of nitrogens with one attached hydrogen (secondary N) is 1. The number of aromatic nitrogens is 2. The lowest BCUT2D eigenvalue weighted by atomic mass is 10.1. The summed E-state index contributed by atoms with van der Waals surface area (Å²) in [5, 5.41) is 3.46. The zero-order valence-electron chi connectivity index (χ0n) is 18.4. The number of benzene rings is 2. The Bertz CT molecular complexity index is 1340. The predicted octanol–water partition coefficient (Wildman–Crippen LogP) is 6.24. The second-order valence-corrected chi connectivity index (χ2v) is 8.18. The molecule has 0 fully saturated rings. The van der Waals surface area contributed by atoms with Crippen LogP contribution in [0, 0.1) is 20.8 Å². The Morgan fingerprint density at radius 2 is 1.81 bits per heavy atom. The van der Waals surface area contributed by atoms with E-state index in [0.717, 1.165) is 33.7 Å². The molecule has 1 amide bonds. The normalized spacial score (nSPS) is 11.3. The molecule has 0 aliphatic heterocycles. The van der Waals surface area contributed by atoms with Gasteiger partial charge in [0.15, 0.2) is 0 Å². The van der Waals surface area contributed by atoms with Crippen molar-refractivity contribution in [2.75, 3.05) is 12.4 Å². The molecule has 1 N–H and O–H groups in total. The van der Waals surface area contributed by atoms with Crippen molar-refractivity contribution in [1.82, 2.24) is 9.38 Å². The maximum atomic E-state index is 12.7. The summed E-state index contributed by atoms with van der Waals surface area (Å²) in [7, 11) is 1.54. The number of rotatable bonds is 5. The van der Waals surface area contributed by atoms with E-state index in [4.69, 9.17) is 21.3 Å². The summed E-state index contributed by atoms with van der Waals surface area (Å²) in [5.74, 6) is 0.231. The molecule has 0 radical (unpaired) electrons. The molecular weight excluding hydrogens is 422 g/mol. The number of hydrogen-bond donors (Lipinski definition) is 1. The lowest BCUT2D eigenvalue weighted by Crippen LogP contribution is -2.09. The fourth-order valence-electron chi connectivity index (χ4n) is 3.51. The lowest BCUT2D eigenvalue weighted by molar-refractivity contribution is -0.111. The van der Waals surface area contributed by atoms with Gasteiger partial charge in [-0.25, -0.2) is 4.98 Å². The molecular formula is C26H24ClN3O2. The number of hydrogen-bond acceptors (Lipinski definition) is 3. The van der Waals surface area contributed by atoms with Crippen LogP contribution in [0.1, 0.15) is 22.4 Å². The highest BCUT2D eigenvalue weighted by atomic mass is 35.5. The monoisotopic (exact) mass is 445 g/mol. The van der Waals surface area contributed by atoms with E-state index in [1.165, 1.54) is 11.6 Å². The SMILES string of the molecule is COc1cc(Cl)c(C)cc1NC(=O)/C=C/c1c(-c2ccc(C)cc2)nc2cc(C)ccn12. The number of methoxy groups -OCH3 is 1. The van der Waals surface area contributed by atoms with Crippen LogP contribution in [-0.2, 0) is 4.79 Å². The molecule has 5 nitrogen and oxygen atoms in total. The van der Waals surface area contributed by atoms with Gasteiger partial charge in [-0.3, -0.25) is 9.20 Å². The van der Waals surface area contributed by atoms with E-state index in [0.29, 0.717) is 16.5 Å². The van der Waals surface area contributed by atoms with Crippen LogP contribution in [0.15, 0.2) is 60.8 Å². The van der Waals surface area contributed by atoms with Crippen LogP contribution in [0.25, 0.3) is 23.0 Å². The Balaban J connectivity index is 1.70. The first-order chi connectivity index (χ1) is 15.4. The summed E-state index contributed by atoms with van der Waals surface area (Å²) in [6.07, 6.45) is 5.26. The van der Waals surface area contributed by atoms with Crippen molar-refractivity contribution >= 4 is 34.9 Å². The molecule has 0 unspecified atom stereocenters. The van der Waals surface area contributed by atoms with Crippen LogP contribution in [0.3, 0.4) is 0 Å². The van der Waals surface area contributed by atoms with Gasteiger partial charge in [-0.1, -0.05) is 41.4 Å². The van der Waals surface area contributed by atoms with Crippen LogP contribution in [0.5, 0.6) is 5.75 Å². The number of fused-ring (bicyclic) bond motifs is 1. The van der Waals surface area contributed by atoms with Gasteiger partial charge in [-0.05, 0) is 56.2 Å². The molecule has 0 bridgehead atoms. The molecule has 6 heteroatoms. The third kappa shape index (κ3) is 4.39. The first-order valence-electron chi connectivity index (χ1n) is 10.2. The number of nitrogens with zero attached hydrogens (tertiary/aromatic N) is 2. The molecule has 0 spiro atoms. The van der Waals surface area contributed by atoms with Gasteiger partial charge in [0.2, 0.25) is 5.91 Å². The average Bonchev–Trinajstić information content (AvgIpc) is 3.12. The van der Waals surface area contributed by atoms with E-state index in [1.54, 1.807) is 25.3 Å². The number of carbonyl (C=O) groups excluding carboxylic acids is 1. The van der Waals surface area contributed by atoms with Crippen molar-refractivity contribution in [3.63, 3.8) is 0 Å². The summed E-state index contributed by atoms with van der Waals surface area (Å²) in [6.45, 7) is 5.96. The van der Waals surface area contributed by atoms with Crippen molar-refractivity contribution in [2.45, 2.75) is 20.8 Å². The van der Waals surface area contributed by atoms with E-state index in [-0.39, 0.29) is 5.91 Å². The van der Waals surface area contributed by atoms with Gasteiger partial charge in [-0.15, -0.1) is 0 Å². The van der Waals surface area contributed by atoms with Crippen LogP contribution >= 0.6 is 11.6 Å². The third-order valence-electron chi connectivity index (χ3n) is 5.27. The second-order valence-electron chi connectivity index (χ2n) is 7.77. The highest BCUT2D eigenvalue weighted by molar-refractivity contribution is 6.31. The summed E-state index contributed by atoms with van der Waals surface area (Å²) >= 11 is 6.17. The molecule has 0 saturated heterocycles. The van der Waals surface area contributed by atoms with Gasteiger partial charge in [0.05, 0.1) is 24.2 Å². The number of amides is 1. The highest BCUT2D eigenvalue weighted by Gasteiger charge is 2.13. The van der Waals surface area contributed by atoms with Crippen LogP contribution in [0.4, 0.5) is 5.69 Å². The Kier molecular flexibility index (Phi) is 6.01. The number of halogens is 1. The molecule has 0 aliphatic rings. The number of carbonyl (C=O) groups is 1. The molecule has 2 aromatic carbocycles. The van der Waals surface area contributed by atoms with E-state index < -0.39 is 0 Å². The second kappa shape index (κ2) is 8.89. The topological polar surface area (TPSA) is 55.6 Å². The quantitative estimate of drug-likeness (QED) is 0.370. The van der Waals surface area contributed by atoms with Gasteiger partial charge in [-0.2, -0.15) is 0 Å². The molecule has 162 valence electrons. The number of imidazole rings is 1. The van der Waals surface area contributed by atoms with Crippen LogP contribution < -0.4 is 10.1 Å². The van der Waals surface area contributed by atoms with Gasteiger partial charge in [0.1, 0.15) is 11.4 Å². The fraction of sp³-hybridized carbons (Fsp3) is 0.154.